The zero-order chi connectivity index (χ0) is 15.0. The predicted molar refractivity (Wildman–Crippen MR) is 80.0 cm³/mol. The largest absolute Gasteiger partial charge is 0.478 e. The summed E-state index contributed by atoms with van der Waals surface area (Å²) in [7, 11) is 0. The number of nitrogens with zero attached hydrogens (tertiary/aromatic N) is 2. The topological polar surface area (TPSA) is 62.7 Å². The van der Waals surface area contributed by atoms with Gasteiger partial charge in [0.25, 0.3) is 0 Å². The van der Waals surface area contributed by atoms with Gasteiger partial charge in [0.05, 0.1) is 24.3 Å². The first-order valence-electron chi connectivity index (χ1n) is 7.70. The molecule has 1 saturated heterocycles. The van der Waals surface area contributed by atoms with Crippen LogP contribution >= 0.6 is 0 Å². The lowest BCUT2D eigenvalue weighted by Gasteiger charge is -2.38. The molecule has 21 heavy (non-hydrogen) atoms. The fourth-order valence-corrected chi connectivity index (χ4v) is 3.31. The number of carboxylic acids is 1. The van der Waals surface area contributed by atoms with Crippen molar-refractivity contribution in [2.24, 2.45) is 0 Å². The third kappa shape index (κ3) is 2.75. The highest BCUT2D eigenvalue weighted by molar-refractivity contribution is 5.88. The summed E-state index contributed by atoms with van der Waals surface area (Å²) in [5.41, 5.74) is 1.16. The molecule has 1 aromatic rings. The fraction of sp³-hybridized carbons (Fsp3) is 0.625. The van der Waals surface area contributed by atoms with Gasteiger partial charge in [0.15, 0.2) is 0 Å². The standard InChI is InChI=1S/C16H22N2O3/c1-10(2)12-8-11(16(19)20)9-15(17-12)18-6-7-21-14-5-3-4-13(14)18/h8-10,13-14H,3-7H2,1-2H3,(H,19,20). The number of hydrogen-bond acceptors (Lipinski definition) is 4. The molecular weight excluding hydrogens is 268 g/mol. The summed E-state index contributed by atoms with van der Waals surface area (Å²) in [5.74, 6) is 0.110. The van der Waals surface area contributed by atoms with Crippen LogP contribution in [-0.4, -0.2) is 41.4 Å². The SMILES string of the molecule is CC(C)c1cc(C(=O)O)cc(N2CCOC3CCCC32)n1. The van der Waals surface area contributed by atoms with E-state index in [0.717, 1.165) is 30.9 Å². The van der Waals surface area contributed by atoms with Crippen molar-refractivity contribution < 1.29 is 14.6 Å². The van der Waals surface area contributed by atoms with Gasteiger partial charge >= 0.3 is 5.97 Å². The van der Waals surface area contributed by atoms with Crippen LogP contribution in [0.3, 0.4) is 0 Å². The first-order chi connectivity index (χ1) is 10.1. The van der Waals surface area contributed by atoms with Crippen LogP contribution in [0, 0.1) is 0 Å². The van der Waals surface area contributed by atoms with E-state index < -0.39 is 5.97 Å². The number of aromatic nitrogens is 1. The van der Waals surface area contributed by atoms with Crippen LogP contribution in [0.25, 0.3) is 0 Å². The molecule has 0 spiro atoms. The molecule has 0 bridgehead atoms. The number of ether oxygens (including phenoxy) is 1. The lowest BCUT2D eigenvalue weighted by atomic mass is 10.1. The van der Waals surface area contributed by atoms with E-state index in [1.807, 2.05) is 13.8 Å². The van der Waals surface area contributed by atoms with E-state index in [9.17, 15) is 9.90 Å². The Kier molecular flexibility index (Phi) is 3.85. The number of pyridine rings is 1. The molecule has 1 aliphatic carbocycles. The van der Waals surface area contributed by atoms with Crippen molar-refractivity contribution in [2.75, 3.05) is 18.1 Å². The summed E-state index contributed by atoms with van der Waals surface area (Å²) in [6.07, 6.45) is 3.63. The van der Waals surface area contributed by atoms with Gasteiger partial charge < -0.3 is 14.7 Å². The number of rotatable bonds is 3. The van der Waals surface area contributed by atoms with E-state index in [4.69, 9.17) is 9.72 Å². The van der Waals surface area contributed by atoms with E-state index in [1.54, 1.807) is 12.1 Å². The minimum Gasteiger partial charge on any atom is -0.478 e. The molecule has 5 heteroatoms. The quantitative estimate of drug-likeness (QED) is 0.927. The van der Waals surface area contributed by atoms with Gasteiger partial charge in [-0.2, -0.15) is 0 Å². The lowest BCUT2D eigenvalue weighted by Crippen LogP contribution is -2.49. The predicted octanol–water partition coefficient (Wildman–Crippen LogP) is 2.66. The summed E-state index contributed by atoms with van der Waals surface area (Å²) in [6, 6.07) is 3.73. The van der Waals surface area contributed by atoms with Crippen molar-refractivity contribution in [3.8, 4) is 0 Å². The average molecular weight is 290 g/mol. The molecule has 1 saturated carbocycles. The van der Waals surface area contributed by atoms with Crippen molar-refractivity contribution in [3.05, 3.63) is 23.4 Å². The molecule has 3 rings (SSSR count). The zero-order valence-corrected chi connectivity index (χ0v) is 12.6. The van der Waals surface area contributed by atoms with Crippen molar-refractivity contribution in [1.82, 2.24) is 4.98 Å². The maximum absolute atomic E-state index is 11.4. The summed E-state index contributed by atoms with van der Waals surface area (Å²) >= 11 is 0. The molecule has 0 amide bonds. The third-order valence-electron chi connectivity index (χ3n) is 4.45. The summed E-state index contributed by atoms with van der Waals surface area (Å²) in [5, 5.41) is 9.33. The Balaban J connectivity index is 1.98. The molecule has 1 aromatic heterocycles. The van der Waals surface area contributed by atoms with Crippen LogP contribution in [0.2, 0.25) is 0 Å². The first-order valence-corrected chi connectivity index (χ1v) is 7.70. The third-order valence-corrected chi connectivity index (χ3v) is 4.45. The summed E-state index contributed by atoms with van der Waals surface area (Å²) in [6.45, 7) is 5.55. The van der Waals surface area contributed by atoms with Gasteiger partial charge in [0.1, 0.15) is 5.82 Å². The second-order valence-corrected chi connectivity index (χ2v) is 6.20. The Morgan fingerprint density at radius 1 is 1.43 bits per heavy atom. The number of morpholine rings is 1. The normalized spacial score (nSPS) is 25.2. The molecule has 1 aliphatic heterocycles. The Morgan fingerprint density at radius 2 is 2.24 bits per heavy atom. The number of hydrogen-bond donors (Lipinski definition) is 1. The number of carboxylic acid groups (broad SMARTS) is 1. The van der Waals surface area contributed by atoms with Crippen LogP contribution in [0.15, 0.2) is 12.1 Å². The second-order valence-electron chi connectivity index (χ2n) is 6.20. The molecule has 1 N–H and O–H groups in total. The number of carbonyl (C=O) groups is 1. The maximum atomic E-state index is 11.4. The number of fused-ring (bicyclic) bond motifs is 1. The first kappa shape index (κ1) is 14.3. The molecule has 114 valence electrons. The zero-order valence-electron chi connectivity index (χ0n) is 12.6. The van der Waals surface area contributed by atoms with Gasteiger partial charge in [0.2, 0.25) is 0 Å². The molecule has 2 unspecified atom stereocenters. The number of aromatic carboxylic acids is 1. The van der Waals surface area contributed by atoms with Crippen molar-refractivity contribution in [3.63, 3.8) is 0 Å². The molecule has 2 aliphatic rings. The van der Waals surface area contributed by atoms with Gasteiger partial charge in [-0.05, 0) is 37.3 Å². The average Bonchev–Trinajstić information content (AvgIpc) is 2.94. The van der Waals surface area contributed by atoms with E-state index in [2.05, 4.69) is 4.90 Å². The molecule has 0 aromatic carbocycles. The highest BCUT2D eigenvalue weighted by Crippen LogP contribution is 2.33. The van der Waals surface area contributed by atoms with Crippen molar-refractivity contribution >= 4 is 11.8 Å². The molecular formula is C16H22N2O3. The molecule has 2 fully saturated rings. The molecule has 0 radical (unpaired) electrons. The fourth-order valence-electron chi connectivity index (χ4n) is 3.31. The van der Waals surface area contributed by atoms with Gasteiger partial charge in [-0.1, -0.05) is 13.8 Å². The molecule has 2 heterocycles. The van der Waals surface area contributed by atoms with Gasteiger partial charge in [-0.3, -0.25) is 0 Å². The lowest BCUT2D eigenvalue weighted by molar-refractivity contribution is 0.0253. The van der Waals surface area contributed by atoms with Crippen LogP contribution in [-0.2, 0) is 4.74 Å². The van der Waals surface area contributed by atoms with E-state index in [1.165, 1.54) is 6.42 Å². The van der Waals surface area contributed by atoms with Crippen molar-refractivity contribution in [1.29, 1.82) is 0 Å². The second kappa shape index (κ2) is 5.64. The monoisotopic (exact) mass is 290 g/mol. The van der Waals surface area contributed by atoms with Gasteiger partial charge in [-0.15, -0.1) is 0 Å². The van der Waals surface area contributed by atoms with Crippen LogP contribution < -0.4 is 4.90 Å². The van der Waals surface area contributed by atoms with E-state index in [0.29, 0.717) is 18.2 Å². The highest BCUT2D eigenvalue weighted by atomic mass is 16.5. The maximum Gasteiger partial charge on any atom is 0.335 e. The Hall–Kier alpha value is -1.62. The Morgan fingerprint density at radius 3 is 2.95 bits per heavy atom. The van der Waals surface area contributed by atoms with Crippen LogP contribution in [0.1, 0.15) is 55.1 Å². The van der Waals surface area contributed by atoms with Crippen LogP contribution in [0.5, 0.6) is 0 Å². The van der Waals surface area contributed by atoms with Gasteiger partial charge in [-0.25, -0.2) is 9.78 Å². The van der Waals surface area contributed by atoms with E-state index in [-0.39, 0.29) is 12.0 Å². The highest BCUT2D eigenvalue weighted by Gasteiger charge is 2.37. The molecule has 2 atom stereocenters. The smallest absolute Gasteiger partial charge is 0.335 e. The summed E-state index contributed by atoms with van der Waals surface area (Å²) < 4.78 is 5.82. The van der Waals surface area contributed by atoms with Gasteiger partial charge in [0, 0.05) is 12.2 Å². The van der Waals surface area contributed by atoms with E-state index >= 15 is 0 Å². The minimum atomic E-state index is -0.892. The summed E-state index contributed by atoms with van der Waals surface area (Å²) in [4.78, 5) is 18.3. The molecule has 5 nitrogen and oxygen atoms in total. The Bertz CT molecular complexity index is 544. The number of anilines is 1. The van der Waals surface area contributed by atoms with Crippen LogP contribution in [0.4, 0.5) is 5.82 Å². The minimum absolute atomic E-state index is 0.212. The van der Waals surface area contributed by atoms with Crippen molar-refractivity contribution in [2.45, 2.75) is 51.2 Å². The Labute approximate surface area is 124 Å².